The zero-order valence-corrected chi connectivity index (χ0v) is 15.4. The van der Waals surface area contributed by atoms with Crippen LogP contribution in [0.3, 0.4) is 0 Å². The molecule has 4 rings (SSSR count). The third-order valence-corrected chi connectivity index (χ3v) is 5.09. The first-order chi connectivity index (χ1) is 12.7. The highest BCUT2D eigenvalue weighted by Gasteiger charge is 2.22. The number of benzene rings is 2. The van der Waals surface area contributed by atoms with Crippen molar-refractivity contribution in [3.05, 3.63) is 59.9 Å². The Labute approximate surface area is 154 Å². The number of para-hydroxylation sites is 2. The Kier molecular flexibility index (Phi) is 4.91. The molecule has 1 aliphatic heterocycles. The zero-order valence-electron chi connectivity index (χ0n) is 15.4. The predicted molar refractivity (Wildman–Crippen MR) is 102 cm³/mol. The zero-order chi connectivity index (χ0) is 17.9. The molecule has 1 saturated heterocycles. The Morgan fingerprint density at radius 1 is 1.15 bits per heavy atom. The Balaban J connectivity index is 1.42. The van der Waals surface area contributed by atoms with Gasteiger partial charge in [-0.15, -0.1) is 0 Å². The molecule has 5 heteroatoms. The van der Waals surface area contributed by atoms with Crippen LogP contribution in [0.2, 0.25) is 0 Å². The average Bonchev–Trinajstić information content (AvgIpc) is 2.99. The first-order valence-electron chi connectivity index (χ1n) is 9.10. The standard InChI is InChI=1S/C21H25N3O2/c1-23-20-6-4-3-5-19(20)22-21(23)15-24-11-12-26-18(14-24)13-16-7-9-17(25-2)10-8-16/h3-10,18H,11-15H2,1-2H3. The molecule has 0 radical (unpaired) electrons. The van der Waals surface area contributed by atoms with E-state index in [1.807, 2.05) is 18.2 Å². The van der Waals surface area contributed by atoms with Crippen molar-refractivity contribution in [1.82, 2.24) is 14.5 Å². The smallest absolute Gasteiger partial charge is 0.123 e. The SMILES string of the molecule is COc1ccc(CC2CN(Cc3nc4ccccc4n3C)CCO2)cc1. The van der Waals surface area contributed by atoms with Crippen molar-refractivity contribution in [3.8, 4) is 5.75 Å². The topological polar surface area (TPSA) is 39.5 Å². The minimum absolute atomic E-state index is 0.215. The van der Waals surface area contributed by atoms with Crippen molar-refractivity contribution in [2.24, 2.45) is 7.05 Å². The van der Waals surface area contributed by atoms with Crippen LogP contribution in [0.25, 0.3) is 11.0 Å². The summed E-state index contributed by atoms with van der Waals surface area (Å²) in [5.74, 6) is 2.00. The van der Waals surface area contributed by atoms with E-state index in [4.69, 9.17) is 14.5 Å². The molecule has 0 bridgehead atoms. The average molecular weight is 351 g/mol. The second kappa shape index (κ2) is 7.48. The third-order valence-electron chi connectivity index (χ3n) is 5.09. The van der Waals surface area contributed by atoms with E-state index in [2.05, 4.69) is 46.8 Å². The molecule has 1 aliphatic rings. The summed E-state index contributed by atoms with van der Waals surface area (Å²) in [5, 5.41) is 0. The molecule has 0 amide bonds. The van der Waals surface area contributed by atoms with Gasteiger partial charge in [0.25, 0.3) is 0 Å². The maximum Gasteiger partial charge on any atom is 0.123 e. The first kappa shape index (κ1) is 17.1. The number of imidazole rings is 1. The van der Waals surface area contributed by atoms with Gasteiger partial charge in [-0.2, -0.15) is 0 Å². The highest BCUT2D eigenvalue weighted by atomic mass is 16.5. The highest BCUT2D eigenvalue weighted by molar-refractivity contribution is 5.75. The van der Waals surface area contributed by atoms with Crippen LogP contribution in [0.5, 0.6) is 5.75 Å². The van der Waals surface area contributed by atoms with Crippen LogP contribution in [0.4, 0.5) is 0 Å². The van der Waals surface area contributed by atoms with Gasteiger partial charge in [-0.25, -0.2) is 4.98 Å². The van der Waals surface area contributed by atoms with Crippen molar-refractivity contribution in [2.45, 2.75) is 19.1 Å². The van der Waals surface area contributed by atoms with Crippen molar-refractivity contribution in [1.29, 1.82) is 0 Å². The molecular weight excluding hydrogens is 326 g/mol. The van der Waals surface area contributed by atoms with Gasteiger partial charge in [0, 0.05) is 20.1 Å². The Bertz CT molecular complexity index is 873. The Morgan fingerprint density at radius 3 is 2.73 bits per heavy atom. The largest absolute Gasteiger partial charge is 0.497 e. The van der Waals surface area contributed by atoms with Gasteiger partial charge in [0.15, 0.2) is 0 Å². The van der Waals surface area contributed by atoms with E-state index in [1.165, 1.54) is 11.1 Å². The number of methoxy groups -OCH3 is 1. The molecule has 0 aliphatic carbocycles. The number of hydrogen-bond acceptors (Lipinski definition) is 4. The minimum Gasteiger partial charge on any atom is -0.497 e. The summed E-state index contributed by atoms with van der Waals surface area (Å²) in [7, 11) is 3.79. The van der Waals surface area contributed by atoms with E-state index in [0.29, 0.717) is 0 Å². The number of rotatable bonds is 5. The quantitative estimate of drug-likeness (QED) is 0.708. The number of ether oxygens (including phenoxy) is 2. The lowest BCUT2D eigenvalue weighted by molar-refractivity contribution is -0.0314. The number of hydrogen-bond donors (Lipinski definition) is 0. The van der Waals surface area contributed by atoms with E-state index < -0.39 is 0 Å². The summed E-state index contributed by atoms with van der Waals surface area (Å²) < 4.78 is 13.4. The summed E-state index contributed by atoms with van der Waals surface area (Å²) in [6, 6.07) is 16.6. The molecule has 1 fully saturated rings. The maximum atomic E-state index is 6.00. The molecule has 1 atom stereocenters. The van der Waals surface area contributed by atoms with Crippen molar-refractivity contribution in [3.63, 3.8) is 0 Å². The third kappa shape index (κ3) is 3.59. The highest BCUT2D eigenvalue weighted by Crippen LogP contribution is 2.19. The molecule has 26 heavy (non-hydrogen) atoms. The molecule has 0 N–H and O–H groups in total. The number of aromatic nitrogens is 2. The molecule has 0 saturated carbocycles. The van der Waals surface area contributed by atoms with E-state index in [-0.39, 0.29) is 6.10 Å². The van der Waals surface area contributed by atoms with Gasteiger partial charge in [-0.3, -0.25) is 4.90 Å². The van der Waals surface area contributed by atoms with E-state index in [0.717, 1.165) is 49.8 Å². The molecule has 0 spiro atoms. The fraction of sp³-hybridized carbons (Fsp3) is 0.381. The lowest BCUT2D eigenvalue weighted by Gasteiger charge is -2.32. The van der Waals surface area contributed by atoms with Gasteiger partial charge in [0.05, 0.1) is 37.4 Å². The van der Waals surface area contributed by atoms with Gasteiger partial charge in [-0.05, 0) is 36.2 Å². The number of aryl methyl sites for hydroxylation is 1. The Morgan fingerprint density at radius 2 is 1.96 bits per heavy atom. The summed E-state index contributed by atoms with van der Waals surface area (Å²) in [6.45, 7) is 3.50. The number of morpholine rings is 1. The summed E-state index contributed by atoms with van der Waals surface area (Å²) in [4.78, 5) is 7.24. The van der Waals surface area contributed by atoms with Crippen LogP contribution in [0, 0.1) is 0 Å². The lowest BCUT2D eigenvalue weighted by Crippen LogP contribution is -2.43. The fourth-order valence-electron chi connectivity index (χ4n) is 3.61. The van der Waals surface area contributed by atoms with Gasteiger partial charge in [-0.1, -0.05) is 24.3 Å². The maximum absolute atomic E-state index is 6.00. The summed E-state index contributed by atoms with van der Waals surface area (Å²) in [6.07, 6.45) is 1.13. The van der Waals surface area contributed by atoms with Gasteiger partial charge in [0.1, 0.15) is 11.6 Å². The predicted octanol–water partition coefficient (Wildman–Crippen LogP) is 3.03. The second-order valence-electron chi connectivity index (χ2n) is 6.86. The van der Waals surface area contributed by atoms with Crippen LogP contribution in [0.1, 0.15) is 11.4 Å². The van der Waals surface area contributed by atoms with E-state index >= 15 is 0 Å². The number of fused-ring (bicyclic) bond motifs is 1. The van der Waals surface area contributed by atoms with Crippen LogP contribution in [-0.2, 0) is 24.8 Å². The monoisotopic (exact) mass is 351 g/mol. The van der Waals surface area contributed by atoms with Gasteiger partial charge in [0.2, 0.25) is 0 Å². The summed E-state index contributed by atoms with van der Waals surface area (Å²) >= 11 is 0. The molecule has 5 nitrogen and oxygen atoms in total. The lowest BCUT2D eigenvalue weighted by atomic mass is 10.1. The number of nitrogens with zero attached hydrogens (tertiary/aromatic N) is 3. The second-order valence-corrected chi connectivity index (χ2v) is 6.86. The van der Waals surface area contributed by atoms with Gasteiger partial charge >= 0.3 is 0 Å². The normalized spacial score (nSPS) is 18.3. The van der Waals surface area contributed by atoms with E-state index in [1.54, 1.807) is 7.11 Å². The molecule has 136 valence electrons. The van der Waals surface area contributed by atoms with Crippen molar-refractivity contribution in [2.75, 3.05) is 26.8 Å². The first-order valence-corrected chi connectivity index (χ1v) is 9.10. The van der Waals surface area contributed by atoms with Crippen LogP contribution in [0.15, 0.2) is 48.5 Å². The van der Waals surface area contributed by atoms with Crippen LogP contribution >= 0.6 is 0 Å². The summed E-state index contributed by atoms with van der Waals surface area (Å²) in [5.41, 5.74) is 3.53. The van der Waals surface area contributed by atoms with Crippen molar-refractivity contribution < 1.29 is 9.47 Å². The van der Waals surface area contributed by atoms with Crippen LogP contribution in [-0.4, -0.2) is 47.4 Å². The van der Waals surface area contributed by atoms with Crippen LogP contribution < -0.4 is 4.74 Å². The fourth-order valence-corrected chi connectivity index (χ4v) is 3.61. The molecular formula is C21H25N3O2. The molecule has 2 heterocycles. The minimum atomic E-state index is 0.215. The van der Waals surface area contributed by atoms with Gasteiger partial charge < -0.3 is 14.0 Å². The molecule has 1 aromatic heterocycles. The molecule has 3 aromatic rings. The van der Waals surface area contributed by atoms with E-state index in [9.17, 15) is 0 Å². The Hall–Kier alpha value is -2.37. The molecule has 2 aromatic carbocycles. The molecule has 1 unspecified atom stereocenters. The van der Waals surface area contributed by atoms with Crippen molar-refractivity contribution >= 4 is 11.0 Å².